The van der Waals surface area contributed by atoms with E-state index in [9.17, 15) is 4.79 Å². The molecule has 5 nitrogen and oxygen atoms in total. The van der Waals surface area contributed by atoms with Crippen molar-refractivity contribution in [1.82, 2.24) is 0 Å². The fourth-order valence-electron chi connectivity index (χ4n) is 3.07. The number of hydrogen-bond donors (Lipinski definition) is 1. The highest BCUT2D eigenvalue weighted by molar-refractivity contribution is 6.06. The second-order valence-corrected chi connectivity index (χ2v) is 6.50. The van der Waals surface area contributed by atoms with Crippen LogP contribution >= 0.6 is 0 Å². The third kappa shape index (κ3) is 3.88. The van der Waals surface area contributed by atoms with Gasteiger partial charge in [0, 0.05) is 12.1 Å². The summed E-state index contributed by atoms with van der Waals surface area (Å²) in [4.78, 5) is 17.9. The Bertz CT molecular complexity index is 981. The van der Waals surface area contributed by atoms with Crippen molar-refractivity contribution >= 4 is 17.3 Å². The van der Waals surface area contributed by atoms with E-state index in [2.05, 4.69) is 22.6 Å². The van der Waals surface area contributed by atoms with E-state index in [1.165, 1.54) is 0 Å². The molecular formula is C23H20N2O3. The molecule has 1 aliphatic heterocycles. The predicted molar refractivity (Wildman–Crippen MR) is 110 cm³/mol. The van der Waals surface area contributed by atoms with Gasteiger partial charge in [-0.25, -0.2) is 0 Å². The number of nitrogens with zero attached hydrogens (tertiary/aromatic N) is 1. The average Bonchev–Trinajstić information content (AvgIpc) is 3.25. The number of oxime groups is 1. The second-order valence-electron chi connectivity index (χ2n) is 6.50. The lowest BCUT2D eigenvalue weighted by Gasteiger charge is -2.10. The number of benzene rings is 3. The van der Waals surface area contributed by atoms with Crippen molar-refractivity contribution in [1.29, 1.82) is 0 Å². The van der Waals surface area contributed by atoms with Gasteiger partial charge in [0.1, 0.15) is 5.75 Å². The first-order chi connectivity index (χ1) is 13.7. The number of amides is 1. The molecule has 1 amide bonds. The maximum absolute atomic E-state index is 12.5. The number of methoxy groups -OCH3 is 1. The van der Waals surface area contributed by atoms with Gasteiger partial charge in [-0.1, -0.05) is 47.6 Å². The summed E-state index contributed by atoms with van der Waals surface area (Å²) in [5.74, 6) is 0.566. The maximum Gasteiger partial charge on any atom is 0.268 e. The van der Waals surface area contributed by atoms with Crippen molar-refractivity contribution in [3.63, 3.8) is 0 Å². The summed E-state index contributed by atoms with van der Waals surface area (Å²) in [6.45, 7) is 0. The summed E-state index contributed by atoms with van der Waals surface area (Å²) >= 11 is 0. The normalized spacial score (nSPS) is 15.5. The monoisotopic (exact) mass is 372 g/mol. The molecule has 1 N–H and O–H groups in total. The van der Waals surface area contributed by atoms with E-state index in [0.29, 0.717) is 6.42 Å². The number of hydrogen-bond acceptors (Lipinski definition) is 4. The van der Waals surface area contributed by atoms with Crippen molar-refractivity contribution in [3.05, 3.63) is 84.4 Å². The highest BCUT2D eigenvalue weighted by Crippen LogP contribution is 2.23. The van der Waals surface area contributed by atoms with Gasteiger partial charge >= 0.3 is 0 Å². The number of rotatable bonds is 5. The predicted octanol–water partition coefficient (Wildman–Crippen LogP) is 4.49. The highest BCUT2D eigenvalue weighted by Gasteiger charge is 2.29. The smallest absolute Gasteiger partial charge is 0.268 e. The van der Waals surface area contributed by atoms with Gasteiger partial charge in [-0.05, 0) is 53.1 Å². The van der Waals surface area contributed by atoms with Crippen LogP contribution in [0.2, 0.25) is 0 Å². The molecule has 0 spiro atoms. The van der Waals surface area contributed by atoms with E-state index < -0.39 is 6.10 Å². The van der Waals surface area contributed by atoms with Crippen molar-refractivity contribution in [3.8, 4) is 16.9 Å². The average molecular weight is 372 g/mol. The van der Waals surface area contributed by atoms with Gasteiger partial charge in [-0.3, -0.25) is 4.79 Å². The molecule has 0 unspecified atom stereocenters. The summed E-state index contributed by atoms with van der Waals surface area (Å²) in [6.07, 6.45) is -0.203. The summed E-state index contributed by atoms with van der Waals surface area (Å²) in [6, 6.07) is 25.4. The van der Waals surface area contributed by atoms with Crippen LogP contribution in [-0.4, -0.2) is 24.8 Å². The Hall–Kier alpha value is -3.60. The molecule has 3 aromatic rings. The Morgan fingerprint density at radius 2 is 1.57 bits per heavy atom. The zero-order valence-corrected chi connectivity index (χ0v) is 15.5. The molecule has 0 saturated carbocycles. The van der Waals surface area contributed by atoms with Crippen LogP contribution in [0.1, 0.15) is 12.0 Å². The molecule has 4 rings (SSSR count). The molecule has 0 bridgehead atoms. The number of ether oxygens (including phenoxy) is 1. The largest absolute Gasteiger partial charge is 0.497 e. The lowest BCUT2D eigenvalue weighted by Crippen LogP contribution is -2.28. The van der Waals surface area contributed by atoms with Crippen LogP contribution in [0.3, 0.4) is 0 Å². The molecular weight excluding hydrogens is 352 g/mol. The van der Waals surface area contributed by atoms with Crippen LogP contribution in [0.15, 0.2) is 84.0 Å². The van der Waals surface area contributed by atoms with Gasteiger partial charge in [-0.15, -0.1) is 0 Å². The van der Waals surface area contributed by atoms with E-state index in [4.69, 9.17) is 9.57 Å². The first-order valence-electron chi connectivity index (χ1n) is 9.06. The maximum atomic E-state index is 12.5. The summed E-state index contributed by atoms with van der Waals surface area (Å²) < 4.78 is 5.16. The van der Waals surface area contributed by atoms with Crippen LogP contribution in [0.25, 0.3) is 11.1 Å². The second kappa shape index (κ2) is 7.96. The van der Waals surface area contributed by atoms with E-state index in [1.807, 2.05) is 66.7 Å². The quantitative estimate of drug-likeness (QED) is 0.718. The fraction of sp³-hybridized carbons (Fsp3) is 0.130. The van der Waals surface area contributed by atoms with Crippen molar-refractivity contribution in [2.75, 3.05) is 12.4 Å². The SMILES string of the molecule is COc1ccc(C2=NO[C@@H](C(=O)Nc3ccc(-c4ccccc4)cc3)C2)cc1. The van der Waals surface area contributed by atoms with E-state index in [0.717, 1.165) is 33.8 Å². The number of carbonyl (C=O) groups excluding carboxylic acids is 1. The van der Waals surface area contributed by atoms with Gasteiger partial charge in [0.25, 0.3) is 5.91 Å². The highest BCUT2D eigenvalue weighted by atomic mass is 16.6. The molecule has 0 aliphatic carbocycles. The van der Waals surface area contributed by atoms with Gasteiger partial charge in [0.15, 0.2) is 0 Å². The Morgan fingerprint density at radius 1 is 0.929 bits per heavy atom. The van der Waals surface area contributed by atoms with Crippen LogP contribution in [0, 0.1) is 0 Å². The van der Waals surface area contributed by atoms with Crippen LogP contribution in [0.4, 0.5) is 5.69 Å². The molecule has 0 fully saturated rings. The third-order valence-electron chi connectivity index (χ3n) is 4.64. The van der Waals surface area contributed by atoms with E-state index >= 15 is 0 Å². The van der Waals surface area contributed by atoms with Crippen molar-refractivity contribution in [2.45, 2.75) is 12.5 Å². The summed E-state index contributed by atoms with van der Waals surface area (Å²) in [5, 5.41) is 6.97. The first kappa shape index (κ1) is 17.8. The Balaban J connectivity index is 1.37. The minimum Gasteiger partial charge on any atom is -0.497 e. The van der Waals surface area contributed by atoms with Gasteiger partial charge in [0.2, 0.25) is 6.10 Å². The lowest BCUT2D eigenvalue weighted by molar-refractivity contribution is -0.125. The zero-order valence-electron chi connectivity index (χ0n) is 15.5. The first-order valence-corrected chi connectivity index (χ1v) is 9.06. The van der Waals surface area contributed by atoms with Crippen LogP contribution in [-0.2, 0) is 9.63 Å². The van der Waals surface area contributed by atoms with Gasteiger partial charge in [0.05, 0.1) is 12.8 Å². The fourth-order valence-corrected chi connectivity index (χ4v) is 3.07. The number of anilines is 1. The molecule has 1 atom stereocenters. The van der Waals surface area contributed by atoms with E-state index in [1.54, 1.807) is 7.11 Å². The van der Waals surface area contributed by atoms with E-state index in [-0.39, 0.29) is 5.91 Å². The standard InChI is InChI=1S/C23H20N2O3/c1-27-20-13-9-18(10-14-20)21-15-22(28-25-21)23(26)24-19-11-7-17(8-12-19)16-5-3-2-4-6-16/h2-14,22H,15H2,1H3,(H,24,26)/t22-/m1/s1. The molecule has 28 heavy (non-hydrogen) atoms. The van der Waals surface area contributed by atoms with Gasteiger partial charge in [-0.2, -0.15) is 0 Å². The topological polar surface area (TPSA) is 59.9 Å². The lowest BCUT2D eigenvalue weighted by atomic mass is 10.0. The Kier molecular flexibility index (Phi) is 5.06. The third-order valence-corrected chi connectivity index (χ3v) is 4.64. The number of nitrogens with one attached hydrogen (secondary N) is 1. The molecule has 1 heterocycles. The minimum absolute atomic E-state index is 0.209. The van der Waals surface area contributed by atoms with Gasteiger partial charge < -0.3 is 14.9 Å². The molecule has 5 heteroatoms. The van der Waals surface area contributed by atoms with Crippen LogP contribution < -0.4 is 10.1 Å². The zero-order chi connectivity index (χ0) is 19.3. The molecule has 0 saturated heterocycles. The number of carbonyl (C=O) groups is 1. The molecule has 1 aliphatic rings. The van der Waals surface area contributed by atoms with Crippen LogP contribution in [0.5, 0.6) is 5.75 Å². The molecule has 0 aromatic heterocycles. The molecule has 0 radical (unpaired) electrons. The summed E-state index contributed by atoms with van der Waals surface area (Å²) in [7, 11) is 1.62. The Labute approximate surface area is 163 Å². The van der Waals surface area contributed by atoms with Crippen molar-refractivity contribution < 1.29 is 14.4 Å². The molecule has 3 aromatic carbocycles. The molecule has 140 valence electrons. The Morgan fingerprint density at radius 3 is 2.25 bits per heavy atom. The minimum atomic E-state index is -0.633. The van der Waals surface area contributed by atoms with Crippen molar-refractivity contribution in [2.24, 2.45) is 5.16 Å². The summed E-state index contributed by atoms with van der Waals surface area (Å²) in [5.41, 5.74) is 4.63.